The van der Waals surface area contributed by atoms with Gasteiger partial charge in [-0.3, -0.25) is 0 Å². The number of hydrogen-bond donors (Lipinski definition) is 0. The van der Waals surface area contributed by atoms with Crippen LogP contribution in [-0.2, 0) is 17.3 Å². The fourth-order valence-corrected chi connectivity index (χ4v) is 6.63. The van der Waals surface area contributed by atoms with Crippen LogP contribution in [0.1, 0.15) is 111 Å². The zero-order valence-corrected chi connectivity index (χ0v) is 23.4. The number of benzene rings is 2. The smallest absolute Gasteiger partial charge is 0.316 e. The SMILES string of the molecule is C=CCCC1CCC(c2ccc(CCOC(F)(F)c3ccc(C4CCC(CCC=C)CC4)cc3F)cc2)CC1. The van der Waals surface area contributed by atoms with Gasteiger partial charge in [0.25, 0.3) is 0 Å². The van der Waals surface area contributed by atoms with Crippen LogP contribution in [0, 0.1) is 17.7 Å². The molecule has 0 amide bonds. The van der Waals surface area contributed by atoms with Crippen molar-refractivity contribution in [2.75, 3.05) is 6.61 Å². The minimum Gasteiger partial charge on any atom is -0.316 e. The molecule has 2 fully saturated rings. The minimum absolute atomic E-state index is 0.170. The van der Waals surface area contributed by atoms with Crippen LogP contribution in [0.5, 0.6) is 0 Å². The van der Waals surface area contributed by atoms with Gasteiger partial charge in [-0.2, -0.15) is 8.78 Å². The maximum absolute atomic E-state index is 14.8. The Kier molecular flexibility index (Phi) is 10.9. The van der Waals surface area contributed by atoms with Gasteiger partial charge in [-0.05, 0) is 136 Å². The fraction of sp³-hybridized carbons (Fsp3) is 0.543. The summed E-state index contributed by atoms with van der Waals surface area (Å²) in [6.07, 6.45) is 14.3. The number of halogens is 3. The average molecular weight is 539 g/mol. The second-order valence-corrected chi connectivity index (χ2v) is 11.8. The van der Waals surface area contributed by atoms with Crippen molar-refractivity contribution < 1.29 is 17.9 Å². The van der Waals surface area contributed by atoms with E-state index < -0.39 is 17.5 Å². The molecule has 2 aliphatic carbocycles. The van der Waals surface area contributed by atoms with Crippen molar-refractivity contribution in [3.05, 3.63) is 95.8 Å². The molecule has 0 N–H and O–H groups in total. The lowest BCUT2D eigenvalue weighted by Crippen LogP contribution is -2.22. The van der Waals surface area contributed by atoms with E-state index in [4.69, 9.17) is 4.74 Å². The van der Waals surface area contributed by atoms with E-state index in [2.05, 4.69) is 25.3 Å². The van der Waals surface area contributed by atoms with E-state index in [-0.39, 0.29) is 12.5 Å². The van der Waals surface area contributed by atoms with Crippen LogP contribution in [0.4, 0.5) is 13.2 Å². The Hall–Kier alpha value is -2.33. The van der Waals surface area contributed by atoms with Crippen molar-refractivity contribution in [2.24, 2.45) is 11.8 Å². The molecular formula is C35H45F3O. The molecule has 0 aromatic heterocycles. The quantitative estimate of drug-likeness (QED) is 0.231. The Morgan fingerprint density at radius 3 is 1.77 bits per heavy atom. The molecule has 0 heterocycles. The maximum atomic E-state index is 14.8. The predicted octanol–water partition coefficient (Wildman–Crippen LogP) is 10.6. The second-order valence-electron chi connectivity index (χ2n) is 11.8. The van der Waals surface area contributed by atoms with Crippen LogP contribution in [0.25, 0.3) is 0 Å². The Morgan fingerprint density at radius 2 is 1.26 bits per heavy atom. The van der Waals surface area contributed by atoms with Crippen LogP contribution in [0.2, 0.25) is 0 Å². The van der Waals surface area contributed by atoms with Gasteiger partial charge in [0.1, 0.15) is 5.82 Å². The second kappa shape index (κ2) is 14.3. The Morgan fingerprint density at radius 1 is 0.744 bits per heavy atom. The number of alkyl halides is 2. The number of rotatable bonds is 13. The lowest BCUT2D eigenvalue weighted by Gasteiger charge is -2.29. The molecule has 0 aliphatic heterocycles. The van der Waals surface area contributed by atoms with Gasteiger partial charge in [-0.15, -0.1) is 13.2 Å². The van der Waals surface area contributed by atoms with Crippen molar-refractivity contribution in [1.29, 1.82) is 0 Å². The molecule has 0 bridgehead atoms. The molecule has 2 aromatic carbocycles. The van der Waals surface area contributed by atoms with Crippen LogP contribution < -0.4 is 0 Å². The summed E-state index contributed by atoms with van der Waals surface area (Å²) in [6, 6.07) is 12.5. The molecule has 2 aromatic rings. The van der Waals surface area contributed by atoms with Gasteiger partial charge in [-0.25, -0.2) is 4.39 Å². The predicted molar refractivity (Wildman–Crippen MR) is 155 cm³/mol. The third-order valence-electron chi connectivity index (χ3n) is 9.15. The normalized spacial score (nSPS) is 23.9. The summed E-state index contributed by atoms with van der Waals surface area (Å²) < 4.78 is 49.4. The maximum Gasteiger partial charge on any atom is 0.386 e. The van der Waals surface area contributed by atoms with Gasteiger partial charge in [0.2, 0.25) is 0 Å². The number of hydrogen-bond acceptors (Lipinski definition) is 1. The standard InChI is InChI=1S/C35H45F3O/c1-3-5-7-26-9-15-29(16-10-26)30-17-13-28(14-18-30)23-24-39-35(37,38)33-22-21-32(25-34(33)36)31-19-11-27(12-20-31)8-6-4-2/h3-4,13-14,17-18,21-22,25-27,29,31H,1-2,5-12,15-16,19-20,23-24H2. The summed E-state index contributed by atoms with van der Waals surface area (Å²) in [7, 11) is 0. The molecule has 0 spiro atoms. The summed E-state index contributed by atoms with van der Waals surface area (Å²) in [5.74, 6) is 1.43. The zero-order chi connectivity index (χ0) is 27.7. The summed E-state index contributed by atoms with van der Waals surface area (Å²) in [5, 5.41) is 0. The molecule has 0 atom stereocenters. The highest BCUT2D eigenvalue weighted by Crippen LogP contribution is 2.40. The van der Waals surface area contributed by atoms with E-state index in [0.29, 0.717) is 18.3 Å². The summed E-state index contributed by atoms with van der Waals surface area (Å²) in [4.78, 5) is 0. The van der Waals surface area contributed by atoms with Crippen molar-refractivity contribution >= 4 is 0 Å². The first-order valence-corrected chi connectivity index (χ1v) is 15.0. The average Bonchev–Trinajstić information content (AvgIpc) is 2.95. The molecule has 0 radical (unpaired) electrons. The lowest BCUT2D eigenvalue weighted by molar-refractivity contribution is -0.249. The van der Waals surface area contributed by atoms with E-state index in [1.807, 2.05) is 24.3 Å². The van der Waals surface area contributed by atoms with Gasteiger partial charge in [0.05, 0.1) is 12.2 Å². The number of allylic oxidation sites excluding steroid dienone is 2. The molecule has 4 heteroatoms. The minimum atomic E-state index is -3.66. The van der Waals surface area contributed by atoms with Crippen LogP contribution in [0.15, 0.2) is 67.8 Å². The molecule has 212 valence electrons. The first-order valence-electron chi connectivity index (χ1n) is 15.0. The zero-order valence-electron chi connectivity index (χ0n) is 23.4. The molecule has 39 heavy (non-hydrogen) atoms. The Balaban J connectivity index is 1.24. The van der Waals surface area contributed by atoms with E-state index >= 15 is 0 Å². The van der Waals surface area contributed by atoms with E-state index in [1.54, 1.807) is 6.07 Å². The van der Waals surface area contributed by atoms with Crippen LogP contribution in [0.3, 0.4) is 0 Å². The van der Waals surface area contributed by atoms with Crippen molar-refractivity contribution in [3.63, 3.8) is 0 Å². The van der Waals surface area contributed by atoms with Crippen LogP contribution >= 0.6 is 0 Å². The van der Waals surface area contributed by atoms with Gasteiger partial charge in [0.15, 0.2) is 0 Å². The summed E-state index contributed by atoms with van der Waals surface area (Å²) in [6.45, 7) is 7.45. The fourth-order valence-electron chi connectivity index (χ4n) is 6.63. The molecular weight excluding hydrogens is 493 g/mol. The van der Waals surface area contributed by atoms with Gasteiger partial charge >= 0.3 is 6.11 Å². The summed E-state index contributed by atoms with van der Waals surface area (Å²) >= 11 is 0. The summed E-state index contributed by atoms with van der Waals surface area (Å²) in [5.41, 5.74) is 2.43. The highest BCUT2D eigenvalue weighted by atomic mass is 19.3. The topological polar surface area (TPSA) is 9.23 Å². The highest BCUT2D eigenvalue weighted by Gasteiger charge is 2.36. The van der Waals surface area contributed by atoms with Crippen LogP contribution in [-0.4, -0.2) is 6.61 Å². The third-order valence-corrected chi connectivity index (χ3v) is 9.15. The van der Waals surface area contributed by atoms with Gasteiger partial charge in [0, 0.05) is 0 Å². The number of ether oxygens (including phenoxy) is 1. The molecule has 1 nitrogen and oxygen atoms in total. The van der Waals surface area contributed by atoms with E-state index in [0.717, 1.165) is 62.0 Å². The molecule has 2 aliphatic rings. The first kappa shape index (κ1) is 29.6. The van der Waals surface area contributed by atoms with Crippen molar-refractivity contribution in [1.82, 2.24) is 0 Å². The monoisotopic (exact) mass is 538 g/mol. The van der Waals surface area contributed by atoms with Crippen molar-refractivity contribution in [3.8, 4) is 0 Å². The van der Waals surface area contributed by atoms with Crippen molar-refractivity contribution in [2.45, 2.75) is 101 Å². The molecule has 0 saturated heterocycles. The third kappa shape index (κ3) is 8.33. The van der Waals surface area contributed by atoms with E-state index in [1.165, 1.54) is 49.8 Å². The highest BCUT2D eigenvalue weighted by molar-refractivity contribution is 5.29. The van der Waals surface area contributed by atoms with Gasteiger partial charge in [-0.1, -0.05) is 42.5 Å². The molecule has 0 unspecified atom stereocenters. The van der Waals surface area contributed by atoms with E-state index in [9.17, 15) is 13.2 Å². The first-order chi connectivity index (χ1) is 18.9. The molecule has 4 rings (SSSR count). The van der Waals surface area contributed by atoms with Gasteiger partial charge < -0.3 is 4.74 Å². The molecule has 2 saturated carbocycles. The Bertz CT molecular complexity index is 1040. The largest absolute Gasteiger partial charge is 0.386 e. The Labute approximate surface area is 233 Å². The lowest BCUT2D eigenvalue weighted by atomic mass is 9.77.